The van der Waals surface area contributed by atoms with Crippen molar-refractivity contribution < 1.29 is 0 Å². The molecule has 2 aromatic carbocycles. The summed E-state index contributed by atoms with van der Waals surface area (Å²) in [7, 11) is 0. The zero-order valence-corrected chi connectivity index (χ0v) is 13.4. The van der Waals surface area contributed by atoms with Crippen molar-refractivity contribution in [2.24, 2.45) is 0 Å². The van der Waals surface area contributed by atoms with Gasteiger partial charge >= 0.3 is 0 Å². The Morgan fingerprint density at radius 3 is 0.889 bits per heavy atom. The molecule has 0 atom stereocenters. The second-order valence-corrected chi connectivity index (χ2v) is 7.91. The summed E-state index contributed by atoms with van der Waals surface area (Å²) in [6.45, 7) is 0. The van der Waals surface area contributed by atoms with Crippen LogP contribution in [-0.4, -0.2) is 7.59 Å². The molecule has 0 aliphatic carbocycles. The number of rotatable bonds is 0. The molecule has 2 aromatic rings. The van der Waals surface area contributed by atoms with Gasteiger partial charge in [-0.05, 0) is 10.8 Å². The predicted molar refractivity (Wildman–Crippen MR) is 84.5 cm³/mol. The van der Waals surface area contributed by atoms with Crippen LogP contribution < -0.4 is 0 Å². The second-order valence-electron chi connectivity index (χ2n) is 3.34. The van der Waals surface area contributed by atoms with Crippen molar-refractivity contribution in [2.75, 3.05) is 0 Å². The first kappa shape index (κ1) is 16.5. The summed E-state index contributed by atoms with van der Waals surface area (Å²) >= 11 is 30.9. The van der Waals surface area contributed by atoms with Gasteiger partial charge in [0.25, 0.3) is 0 Å². The quantitative estimate of drug-likeness (QED) is 0.464. The van der Waals surface area contributed by atoms with Gasteiger partial charge in [-0.25, -0.2) is 0 Å². The van der Waals surface area contributed by atoms with Crippen LogP contribution in [0.2, 0.25) is 0 Å². The highest BCUT2D eigenvalue weighted by Crippen LogP contribution is 2.48. The fourth-order valence-electron chi connectivity index (χ4n) is 1.13. The third-order valence-corrected chi connectivity index (χ3v) is 4.55. The van der Waals surface area contributed by atoms with Crippen LogP contribution in [-0.2, 0) is 0 Å². The highest BCUT2D eigenvalue weighted by Gasteiger charge is 2.43. The minimum atomic E-state index is -1.85. The van der Waals surface area contributed by atoms with Gasteiger partial charge in [0.05, 0.1) is 0 Å². The Bertz CT molecular complexity index is 420. The summed E-state index contributed by atoms with van der Waals surface area (Å²) in [5, 5.41) is 2.62. The monoisotopic (exact) mass is 362 g/mol. The summed E-state index contributed by atoms with van der Waals surface area (Å²) in [6.07, 6.45) is 0. The maximum absolute atomic E-state index is 5.14. The average Bonchev–Trinajstić information content (AvgIpc) is 2.27. The highest BCUT2D eigenvalue weighted by molar-refractivity contribution is 6.83. The van der Waals surface area contributed by atoms with Crippen molar-refractivity contribution >= 4 is 80.4 Å². The van der Waals surface area contributed by atoms with Crippen molar-refractivity contribution in [3.05, 3.63) is 48.5 Å². The van der Waals surface area contributed by atoms with Gasteiger partial charge in [0.2, 0.25) is 7.59 Å². The fourth-order valence-corrected chi connectivity index (χ4v) is 1.13. The smallest absolute Gasteiger partial charge is 0.0788 e. The fraction of sp³-hybridized carbons (Fsp3) is 0.167. The molecule has 0 saturated heterocycles. The van der Waals surface area contributed by atoms with E-state index in [2.05, 4.69) is 48.5 Å². The number of benzene rings is 2. The van der Waals surface area contributed by atoms with Gasteiger partial charge < -0.3 is 0 Å². The molecule has 0 spiro atoms. The summed E-state index contributed by atoms with van der Waals surface area (Å²) in [5.74, 6) is 0. The Morgan fingerprint density at radius 2 is 0.722 bits per heavy atom. The van der Waals surface area contributed by atoms with E-state index in [0.29, 0.717) is 0 Å². The zero-order chi connectivity index (χ0) is 13.8. The Balaban J connectivity index is 0.000000187. The van der Waals surface area contributed by atoms with E-state index in [1.807, 2.05) is 0 Å². The number of alkyl halides is 6. The molecular formula is C12H8Cl6. The molecule has 0 N–H and O–H groups in total. The van der Waals surface area contributed by atoms with E-state index in [9.17, 15) is 0 Å². The molecule has 98 valence electrons. The molecule has 0 bridgehead atoms. The molecule has 6 heteroatoms. The lowest BCUT2D eigenvalue weighted by Crippen LogP contribution is -2.23. The lowest BCUT2D eigenvalue weighted by atomic mass is 10.1. The van der Waals surface area contributed by atoms with Gasteiger partial charge in [0.15, 0.2) is 0 Å². The van der Waals surface area contributed by atoms with Gasteiger partial charge in [0.1, 0.15) is 0 Å². The first-order valence-corrected chi connectivity index (χ1v) is 7.06. The number of hydrogen-bond donors (Lipinski definition) is 0. The Hall–Kier alpha value is 0.440. The molecule has 0 amide bonds. The number of halogens is 6. The van der Waals surface area contributed by atoms with E-state index < -0.39 is 7.59 Å². The summed E-state index contributed by atoms with van der Waals surface area (Å²) in [4.78, 5) is 0. The second kappa shape index (κ2) is 6.74. The van der Waals surface area contributed by atoms with E-state index >= 15 is 0 Å². The first-order chi connectivity index (χ1) is 8.22. The van der Waals surface area contributed by atoms with Crippen LogP contribution >= 0.6 is 69.6 Å². The van der Waals surface area contributed by atoms with Crippen molar-refractivity contribution in [2.45, 2.75) is 7.59 Å². The molecule has 2 rings (SSSR count). The van der Waals surface area contributed by atoms with Crippen LogP contribution in [0.1, 0.15) is 0 Å². The Labute approximate surface area is 136 Å². The van der Waals surface area contributed by atoms with Crippen LogP contribution in [0.25, 0.3) is 10.8 Å². The largest absolute Gasteiger partial charge is 0.236 e. The van der Waals surface area contributed by atoms with Crippen molar-refractivity contribution in [3.8, 4) is 0 Å². The van der Waals surface area contributed by atoms with Crippen LogP contribution in [0.15, 0.2) is 48.5 Å². The van der Waals surface area contributed by atoms with Crippen molar-refractivity contribution in [1.29, 1.82) is 0 Å². The van der Waals surface area contributed by atoms with Crippen LogP contribution in [0.4, 0.5) is 0 Å². The molecule has 0 aliphatic rings. The third-order valence-electron chi connectivity index (χ3n) is 1.98. The van der Waals surface area contributed by atoms with Gasteiger partial charge in [-0.3, -0.25) is 0 Å². The third kappa shape index (κ3) is 5.21. The SMILES string of the molecule is ClC(Cl)(Cl)C(Cl)(Cl)Cl.c1ccc2ccccc2c1. The summed E-state index contributed by atoms with van der Waals surface area (Å²) < 4.78 is -3.70. The minimum Gasteiger partial charge on any atom is -0.0788 e. The molecule has 0 aliphatic heterocycles. The predicted octanol–water partition coefficient (Wildman–Crippen LogP) is 6.57. The standard InChI is InChI=1S/C10H8.C2Cl6/c1-2-6-10-8-4-3-7-9(10)5-1;3-1(4,5)2(6,7)8/h1-8H;. The van der Waals surface area contributed by atoms with Crippen LogP contribution in [0.5, 0.6) is 0 Å². The van der Waals surface area contributed by atoms with E-state index in [4.69, 9.17) is 69.6 Å². The molecular weight excluding hydrogens is 357 g/mol. The maximum atomic E-state index is 5.14. The topological polar surface area (TPSA) is 0 Å². The number of fused-ring (bicyclic) bond motifs is 1. The summed E-state index contributed by atoms with van der Waals surface area (Å²) in [5.41, 5.74) is 0. The minimum absolute atomic E-state index is 1.31. The molecule has 0 aromatic heterocycles. The lowest BCUT2D eigenvalue weighted by Gasteiger charge is -2.19. The van der Waals surface area contributed by atoms with Crippen LogP contribution in [0.3, 0.4) is 0 Å². The molecule has 0 unspecified atom stereocenters. The van der Waals surface area contributed by atoms with E-state index in [0.717, 1.165) is 0 Å². The normalized spacial score (nSPS) is 11.9. The van der Waals surface area contributed by atoms with E-state index in [1.54, 1.807) is 0 Å². The zero-order valence-electron chi connectivity index (χ0n) is 8.89. The molecule has 0 saturated carbocycles. The average molecular weight is 365 g/mol. The highest BCUT2D eigenvalue weighted by atomic mass is 35.6. The van der Waals surface area contributed by atoms with Gasteiger partial charge in [-0.1, -0.05) is 118 Å². The van der Waals surface area contributed by atoms with Crippen molar-refractivity contribution in [3.63, 3.8) is 0 Å². The van der Waals surface area contributed by atoms with Gasteiger partial charge in [-0.15, -0.1) is 0 Å². The Kier molecular flexibility index (Phi) is 6.18. The molecule has 0 fully saturated rings. The molecule has 0 nitrogen and oxygen atoms in total. The van der Waals surface area contributed by atoms with Gasteiger partial charge in [0, 0.05) is 0 Å². The molecule has 18 heavy (non-hydrogen) atoms. The molecule has 0 radical (unpaired) electrons. The Morgan fingerprint density at radius 1 is 0.500 bits per heavy atom. The first-order valence-electron chi connectivity index (χ1n) is 4.79. The number of hydrogen-bond acceptors (Lipinski definition) is 0. The van der Waals surface area contributed by atoms with E-state index in [1.165, 1.54) is 10.8 Å². The lowest BCUT2D eigenvalue weighted by molar-refractivity contribution is 1.10. The van der Waals surface area contributed by atoms with Crippen molar-refractivity contribution in [1.82, 2.24) is 0 Å². The van der Waals surface area contributed by atoms with E-state index in [-0.39, 0.29) is 0 Å². The summed E-state index contributed by atoms with van der Waals surface area (Å²) in [6, 6.07) is 16.7. The maximum Gasteiger partial charge on any atom is 0.236 e. The molecule has 0 heterocycles. The van der Waals surface area contributed by atoms with Gasteiger partial charge in [-0.2, -0.15) is 0 Å². The van der Waals surface area contributed by atoms with Crippen LogP contribution in [0, 0.1) is 0 Å².